The molecule has 138 valence electrons. The number of ether oxygens (including phenoxy) is 2. The Bertz CT molecular complexity index is 951. The van der Waals surface area contributed by atoms with Crippen molar-refractivity contribution >= 4 is 28.7 Å². The minimum Gasteiger partial charge on any atom is -0.497 e. The smallest absolute Gasteiger partial charge is 0.264 e. The van der Waals surface area contributed by atoms with E-state index in [0.717, 1.165) is 21.9 Å². The van der Waals surface area contributed by atoms with Crippen LogP contribution in [0.4, 0.5) is 5.13 Å². The summed E-state index contributed by atoms with van der Waals surface area (Å²) in [5, 5.41) is 3.23. The van der Waals surface area contributed by atoms with Crippen molar-refractivity contribution in [1.29, 1.82) is 0 Å². The van der Waals surface area contributed by atoms with Crippen LogP contribution in [-0.2, 0) is 4.79 Å². The van der Waals surface area contributed by atoms with Gasteiger partial charge in [0.25, 0.3) is 5.91 Å². The van der Waals surface area contributed by atoms with Gasteiger partial charge in [-0.05, 0) is 43.3 Å². The van der Waals surface area contributed by atoms with Crippen LogP contribution in [0.25, 0.3) is 11.3 Å². The Balaban J connectivity index is 1.65. The van der Waals surface area contributed by atoms with Gasteiger partial charge >= 0.3 is 0 Å². The van der Waals surface area contributed by atoms with Crippen LogP contribution in [0.3, 0.4) is 0 Å². The Labute approximate surface area is 160 Å². The zero-order chi connectivity index (χ0) is 19.2. The van der Waals surface area contributed by atoms with Crippen LogP contribution in [0.5, 0.6) is 11.5 Å². The molecule has 1 N–H and O–H groups in total. The van der Waals surface area contributed by atoms with E-state index in [4.69, 9.17) is 9.47 Å². The number of rotatable bonds is 7. The highest BCUT2D eigenvalue weighted by Crippen LogP contribution is 2.31. The van der Waals surface area contributed by atoms with Crippen LogP contribution >= 0.6 is 11.3 Å². The number of amides is 1. The third kappa shape index (κ3) is 4.51. The van der Waals surface area contributed by atoms with Crippen LogP contribution in [0.15, 0.2) is 48.5 Å². The van der Waals surface area contributed by atoms with Gasteiger partial charge in [0.05, 0.1) is 18.4 Å². The van der Waals surface area contributed by atoms with E-state index < -0.39 is 0 Å². The van der Waals surface area contributed by atoms with Crippen LogP contribution in [0, 0.1) is 6.92 Å². The first kappa shape index (κ1) is 18.6. The predicted octanol–water partition coefficient (Wildman–Crippen LogP) is 3.96. The molecule has 27 heavy (non-hydrogen) atoms. The number of aromatic nitrogens is 1. The first-order chi connectivity index (χ1) is 13.1. The van der Waals surface area contributed by atoms with E-state index in [1.165, 1.54) is 11.3 Å². The number of anilines is 1. The number of thiazole rings is 1. The number of hydrogen-bond acceptors (Lipinski definition) is 6. The topological polar surface area (TPSA) is 77.5 Å². The molecule has 1 aromatic heterocycles. The Hall–Kier alpha value is -3.19. The molecule has 0 spiro atoms. The van der Waals surface area contributed by atoms with E-state index in [1.54, 1.807) is 31.4 Å². The number of aryl methyl sites for hydroxylation is 1. The van der Waals surface area contributed by atoms with Gasteiger partial charge in [-0.15, -0.1) is 11.3 Å². The fourth-order valence-corrected chi connectivity index (χ4v) is 3.33. The molecule has 0 atom stereocenters. The van der Waals surface area contributed by atoms with Crippen molar-refractivity contribution in [1.82, 2.24) is 4.98 Å². The standard InChI is InChI=1S/C20H18N2O4S/c1-13-19(14-7-9-16(25-2)10-8-14)22-20(27-13)21-18(24)12-26-17-6-4-3-5-15(17)11-23/h3-11H,12H2,1-2H3,(H,21,22,24). The summed E-state index contributed by atoms with van der Waals surface area (Å²) in [6.07, 6.45) is 0.693. The molecule has 0 aliphatic carbocycles. The molecule has 6 nitrogen and oxygen atoms in total. The summed E-state index contributed by atoms with van der Waals surface area (Å²) in [5.41, 5.74) is 2.16. The monoisotopic (exact) mass is 382 g/mol. The first-order valence-electron chi connectivity index (χ1n) is 8.19. The second kappa shape index (κ2) is 8.46. The second-order valence-corrected chi connectivity index (χ2v) is 6.85. The van der Waals surface area contributed by atoms with Crippen LogP contribution in [0.2, 0.25) is 0 Å². The molecular formula is C20H18N2O4S. The molecule has 0 saturated heterocycles. The molecule has 7 heteroatoms. The van der Waals surface area contributed by atoms with E-state index >= 15 is 0 Å². The lowest BCUT2D eigenvalue weighted by molar-refractivity contribution is -0.118. The summed E-state index contributed by atoms with van der Waals surface area (Å²) >= 11 is 1.39. The molecule has 0 radical (unpaired) electrons. The summed E-state index contributed by atoms with van der Waals surface area (Å²) in [6.45, 7) is 1.74. The Morgan fingerprint density at radius 3 is 2.63 bits per heavy atom. The highest BCUT2D eigenvalue weighted by atomic mass is 32.1. The maximum atomic E-state index is 12.2. The van der Waals surface area contributed by atoms with Crippen molar-refractivity contribution < 1.29 is 19.1 Å². The lowest BCUT2D eigenvalue weighted by Crippen LogP contribution is -2.20. The van der Waals surface area contributed by atoms with Gasteiger partial charge in [-0.3, -0.25) is 14.9 Å². The average Bonchev–Trinajstić information content (AvgIpc) is 3.06. The van der Waals surface area contributed by atoms with Gasteiger partial charge < -0.3 is 9.47 Å². The second-order valence-electron chi connectivity index (χ2n) is 5.64. The summed E-state index contributed by atoms with van der Waals surface area (Å²) in [4.78, 5) is 28.6. The van der Waals surface area contributed by atoms with E-state index in [1.807, 2.05) is 31.2 Å². The first-order valence-corrected chi connectivity index (χ1v) is 9.01. The Morgan fingerprint density at radius 2 is 1.93 bits per heavy atom. The molecule has 2 aromatic carbocycles. The molecular weight excluding hydrogens is 364 g/mol. The van der Waals surface area contributed by atoms with Crippen molar-refractivity contribution in [2.24, 2.45) is 0 Å². The number of carbonyl (C=O) groups is 2. The molecule has 0 aliphatic heterocycles. The lowest BCUT2D eigenvalue weighted by Gasteiger charge is -2.07. The third-order valence-electron chi connectivity index (χ3n) is 3.81. The summed E-state index contributed by atoms with van der Waals surface area (Å²) in [6, 6.07) is 14.3. The number of nitrogens with one attached hydrogen (secondary N) is 1. The number of carbonyl (C=O) groups excluding carboxylic acids is 2. The Kier molecular flexibility index (Phi) is 5.83. The SMILES string of the molecule is COc1ccc(-c2nc(NC(=O)COc3ccccc3C=O)sc2C)cc1. The Morgan fingerprint density at radius 1 is 1.19 bits per heavy atom. The van der Waals surface area contributed by atoms with Crippen molar-refractivity contribution in [2.45, 2.75) is 6.92 Å². The van der Waals surface area contributed by atoms with Crippen molar-refractivity contribution in [3.8, 4) is 22.8 Å². The zero-order valence-corrected chi connectivity index (χ0v) is 15.7. The lowest BCUT2D eigenvalue weighted by atomic mass is 10.1. The largest absolute Gasteiger partial charge is 0.497 e. The highest BCUT2D eigenvalue weighted by molar-refractivity contribution is 7.16. The van der Waals surface area contributed by atoms with Crippen LogP contribution in [-0.4, -0.2) is 30.9 Å². The number of para-hydroxylation sites is 1. The van der Waals surface area contributed by atoms with Gasteiger partial charge in [0.15, 0.2) is 18.0 Å². The fourth-order valence-electron chi connectivity index (χ4n) is 2.47. The van der Waals surface area contributed by atoms with Gasteiger partial charge in [-0.25, -0.2) is 4.98 Å². The average molecular weight is 382 g/mol. The van der Waals surface area contributed by atoms with Gasteiger partial charge in [-0.2, -0.15) is 0 Å². The maximum Gasteiger partial charge on any atom is 0.264 e. The molecule has 3 aromatic rings. The van der Waals surface area contributed by atoms with Gasteiger partial charge in [0, 0.05) is 10.4 Å². The molecule has 0 saturated carbocycles. The molecule has 1 heterocycles. The molecule has 0 unspecified atom stereocenters. The molecule has 1 amide bonds. The number of nitrogens with zero attached hydrogens (tertiary/aromatic N) is 1. The summed E-state index contributed by atoms with van der Waals surface area (Å²) in [5.74, 6) is 0.801. The quantitative estimate of drug-likeness (QED) is 0.626. The fraction of sp³-hybridized carbons (Fsp3) is 0.150. The normalized spacial score (nSPS) is 10.3. The third-order valence-corrected chi connectivity index (χ3v) is 4.70. The van der Waals surface area contributed by atoms with Crippen LogP contribution < -0.4 is 14.8 Å². The van der Waals surface area contributed by atoms with Crippen LogP contribution in [0.1, 0.15) is 15.2 Å². The molecule has 0 bridgehead atoms. The number of methoxy groups -OCH3 is 1. The highest BCUT2D eigenvalue weighted by Gasteiger charge is 2.13. The predicted molar refractivity (Wildman–Crippen MR) is 105 cm³/mol. The molecule has 3 rings (SSSR count). The number of hydrogen-bond donors (Lipinski definition) is 1. The van der Waals surface area contributed by atoms with Crippen molar-refractivity contribution in [3.05, 3.63) is 59.0 Å². The van der Waals surface area contributed by atoms with Gasteiger partial charge in [0.1, 0.15) is 11.5 Å². The van der Waals surface area contributed by atoms with Crippen molar-refractivity contribution in [3.63, 3.8) is 0 Å². The van der Waals surface area contributed by atoms with Gasteiger partial charge in [0.2, 0.25) is 0 Å². The van der Waals surface area contributed by atoms with E-state index in [-0.39, 0.29) is 12.5 Å². The molecule has 0 aliphatic rings. The van der Waals surface area contributed by atoms with E-state index in [9.17, 15) is 9.59 Å². The zero-order valence-electron chi connectivity index (χ0n) is 14.9. The van der Waals surface area contributed by atoms with Crippen molar-refractivity contribution in [2.75, 3.05) is 19.0 Å². The number of benzene rings is 2. The maximum absolute atomic E-state index is 12.2. The summed E-state index contributed by atoms with van der Waals surface area (Å²) < 4.78 is 10.6. The van der Waals surface area contributed by atoms with E-state index in [2.05, 4.69) is 10.3 Å². The van der Waals surface area contributed by atoms with Gasteiger partial charge in [-0.1, -0.05) is 12.1 Å². The minimum atomic E-state index is -0.342. The number of aldehydes is 1. The minimum absolute atomic E-state index is 0.207. The molecule has 0 fully saturated rings. The van der Waals surface area contributed by atoms with E-state index in [0.29, 0.717) is 22.7 Å². The summed E-state index contributed by atoms with van der Waals surface area (Å²) in [7, 11) is 1.62.